The van der Waals surface area contributed by atoms with Gasteiger partial charge in [0.15, 0.2) is 0 Å². The molecule has 1 aromatic heterocycles. The highest BCUT2D eigenvalue weighted by atomic mass is 35.5. The summed E-state index contributed by atoms with van der Waals surface area (Å²) in [7, 11) is 1.72. The second-order valence-corrected chi connectivity index (χ2v) is 5.22. The van der Waals surface area contributed by atoms with E-state index in [0.717, 1.165) is 31.6 Å². The van der Waals surface area contributed by atoms with Gasteiger partial charge in [0.05, 0.1) is 13.0 Å². The van der Waals surface area contributed by atoms with Gasteiger partial charge in [-0.3, -0.25) is 9.89 Å². The Kier molecular flexibility index (Phi) is 9.61. The number of carbonyl (C=O) groups is 1. The fourth-order valence-electron chi connectivity index (χ4n) is 2.54. The van der Waals surface area contributed by atoms with Gasteiger partial charge in [0.25, 0.3) is 0 Å². The third kappa shape index (κ3) is 6.22. The first-order chi connectivity index (χ1) is 9.24. The quantitative estimate of drug-likeness (QED) is 0.720. The molecule has 1 saturated heterocycles. The zero-order valence-electron chi connectivity index (χ0n) is 12.2. The Balaban J connectivity index is 0.00000200. The van der Waals surface area contributed by atoms with Gasteiger partial charge in [-0.1, -0.05) is 0 Å². The van der Waals surface area contributed by atoms with Crippen molar-refractivity contribution >= 4 is 30.7 Å². The molecule has 3 N–H and O–H groups in total. The van der Waals surface area contributed by atoms with Crippen molar-refractivity contribution < 1.29 is 9.53 Å². The van der Waals surface area contributed by atoms with E-state index in [1.54, 1.807) is 13.3 Å². The van der Waals surface area contributed by atoms with Crippen LogP contribution in [0.5, 0.6) is 0 Å². The Morgan fingerprint density at radius 1 is 1.43 bits per heavy atom. The normalized spacial score (nSPS) is 16.4. The number of aromatic amines is 1. The van der Waals surface area contributed by atoms with Gasteiger partial charge in [-0.2, -0.15) is 5.10 Å². The van der Waals surface area contributed by atoms with Crippen molar-refractivity contribution in [3.05, 3.63) is 18.0 Å². The topological polar surface area (TPSA) is 79.0 Å². The van der Waals surface area contributed by atoms with E-state index in [1.165, 1.54) is 0 Å². The van der Waals surface area contributed by atoms with Crippen LogP contribution in [-0.2, 0) is 16.0 Å². The Bertz CT molecular complexity index is 389. The lowest BCUT2D eigenvalue weighted by Gasteiger charge is -2.37. The van der Waals surface area contributed by atoms with Crippen molar-refractivity contribution in [2.24, 2.45) is 5.41 Å². The molecular formula is C13H24Cl2N4O2. The number of nitrogens with one attached hydrogen (secondary N) is 3. The van der Waals surface area contributed by atoms with Crippen LogP contribution >= 0.6 is 24.8 Å². The molecular weight excluding hydrogens is 315 g/mol. The molecule has 2 heterocycles. The van der Waals surface area contributed by atoms with Crippen molar-refractivity contribution in [2.45, 2.75) is 19.3 Å². The zero-order valence-corrected chi connectivity index (χ0v) is 13.8. The Hall–Kier alpha value is -0.820. The average Bonchev–Trinajstić information content (AvgIpc) is 2.91. The third-order valence-corrected chi connectivity index (χ3v) is 3.68. The summed E-state index contributed by atoms with van der Waals surface area (Å²) >= 11 is 0. The van der Waals surface area contributed by atoms with Gasteiger partial charge in [0.1, 0.15) is 0 Å². The van der Waals surface area contributed by atoms with Crippen LogP contribution in [-0.4, -0.2) is 49.5 Å². The summed E-state index contributed by atoms with van der Waals surface area (Å²) < 4.78 is 5.33. The van der Waals surface area contributed by atoms with E-state index in [1.807, 2.05) is 6.07 Å². The SMILES string of the molecule is COCC1(CNC(=O)Cc2ccn[nH]2)CCNCC1.Cl.Cl. The summed E-state index contributed by atoms with van der Waals surface area (Å²) in [4.78, 5) is 11.9. The molecule has 0 aromatic carbocycles. The van der Waals surface area contributed by atoms with E-state index >= 15 is 0 Å². The van der Waals surface area contributed by atoms with Gasteiger partial charge in [-0.05, 0) is 32.0 Å². The standard InChI is InChI=1S/C13H22N4O2.2ClH/c1-19-10-13(3-6-14-7-4-13)9-15-12(18)8-11-2-5-16-17-11;;/h2,5,14H,3-4,6-10H2,1H3,(H,15,18)(H,16,17);2*1H. The minimum Gasteiger partial charge on any atom is -0.384 e. The lowest BCUT2D eigenvalue weighted by molar-refractivity contribution is -0.121. The summed E-state index contributed by atoms with van der Waals surface area (Å²) in [5.74, 6) is 0.0262. The summed E-state index contributed by atoms with van der Waals surface area (Å²) in [6.45, 7) is 3.34. The summed E-state index contributed by atoms with van der Waals surface area (Å²) in [6.07, 6.45) is 4.07. The highest BCUT2D eigenvalue weighted by Crippen LogP contribution is 2.28. The Morgan fingerprint density at radius 2 is 2.14 bits per heavy atom. The molecule has 0 unspecified atom stereocenters. The van der Waals surface area contributed by atoms with E-state index in [4.69, 9.17) is 4.74 Å². The van der Waals surface area contributed by atoms with Gasteiger partial charge in [-0.25, -0.2) is 0 Å². The van der Waals surface area contributed by atoms with Gasteiger partial charge in [0, 0.05) is 31.0 Å². The first-order valence-corrected chi connectivity index (χ1v) is 6.69. The summed E-state index contributed by atoms with van der Waals surface area (Å²) in [5.41, 5.74) is 0.910. The number of H-pyrrole nitrogens is 1. The number of carbonyl (C=O) groups excluding carboxylic acids is 1. The number of piperidine rings is 1. The summed E-state index contributed by atoms with van der Waals surface area (Å²) in [6, 6.07) is 1.81. The monoisotopic (exact) mass is 338 g/mol. The molecule has 0 spiro atoms. The van der Waals surface area contributed by atoms with Gasteiger partial charge < -0.3 is 15.4 Å². The Labute approximate surface area is 137 Å². The number of nitrogens with zero attached hydrogens (tertiary/aromatic N) is 1. The van der Waals surface area contributed by atoms with Crippen LogP contribution in [0.2, 0.25) is 0 Å². The van der Waals surface area contributed by atoms with E-state index in [2.05, 4.69) is 20.8 Å². The lowest BCUT2D eigenvalue weighted by atomic mass is 9.79. The fraction of sp³-hybridized carbons (Fsp3) is 0.692. The van der Waals surface area contributed by atoms with Gasteiger partial charge >= 0.3 is 0 Å². The molecule has 8 heteroatoms. The number of amides is 1. The number of aromatic nitrogens is 2. The predicted molar refractivity (Wildman–Crippen MR) is 86.2 cm³/mol. The van der Waals surface area contributed by atoms with Crippen LogP contribution in [0.4, 0.5) is 0 Å². The molecule has 6 nitrogen and oxygen atoms in total. The third-order valence-electron chi connectivity index (χ3n) is 3.68. The highest BCUT2D eigenvalue weighted by molar-refractivity contribution is 5.85. The molecule has 0 bridgehead atoms. The van der Waals surface area contributed by atoms with E-state index < -0.39 is 0 Å². The Morgan fingerprint density at radius 3 is 2.71 bits per heavy atom. The molecule has 0 radical (unpaired) electrons. The maximum atomic E-state index is 11.9. The number of hydrogen-bond donors (Lipinski definition) is 3. The lowest BCUT2D eigenvalue weighted by Crippen LogP contribution is -2.47. The van der Waals surface area contributed by atoms with E-state index in [-0.39, 0.29) is 36.1 Å². The van der Waals surface area contributed by atoms with Crippen molar-refractivity contribution in [1.29, 1.82) is 0 Å². The molecule has 1 aliphatic heterocycles. The average molecular weight is 339 g/mol. The molecule has 122 valence electrons. The molecule has 1 aromatic rings. The largest absolute Gasteiger partial charge is 0.384 e. The van der Waals surface area contributed by atoms with Crippen LogP contribution in [0.3, 0.4) is 0 Å². The van der Waals surface area contributed by atoms with Crippen molar-refractivity contribution in [2.75, 3.05) is 33.4 Å². The van der Waals surface area contributed by atoms with Crippen molar-refractivity contribution in [3.63, 3.8) is 0 Å². The zero-order chi connectivity index (χ0) is 13.6. The molecule has 1 fully saturated rings. The van der Waals surface area contributed by atoms with E-state index in [9.17, 15) is 4.79 Å². The minimum absolute atomic E-state index is 0. The maximum Gasteiger partial charge on any atom is 0.226 e. The molecule has 21 heavy (non-hydrogen) atoms. The fourth-order valence-corrected chi connectivity index (χ4v) is 2.54. The number of hydrogen-bond acceptors (Lipinski definition) is 4. The second kappa shape index (κ2) is 10.00. The van der Waals surface area contributed by atoms with Crippen molar-refractivity contribution in [1.82, 2.24) is 20.8 Å². The maximum absolute atomic E-state index is 11.9. The first kappa shape index (κ1) is 20.2. The van der Waals surface area contributed by atoms with Crippen LogP contribution in [0.15, 0.2) is 12.3 Å². The molecule has 0 aliphatic carbocycles. The second-order valence-electron chi connectivity index (χ2n) is 5.22. The predicted octanol–water partition coefficient (Wildman–Crippen LogP) is 0.928. The van der Waals surface area contributed by atoms with Crippen molar-refractivity contribution in [3.8, 4) is 0 Å². The molecule has 1 aliphatic rings. The molecule has 0 saturated carbocycles. The van der Waals surface area contributed by atoms with Crippen LogP contribution in [0.25, 0.3) is 0 Å². The van der Waals surface area contributed by atoms with Gasteiger partial charge in [0.2, 0.25) is 5.91 Å². The van der Waals surface area contributed by atoms with Crippen LogP contribution in [0.1, 0.15) is 18.5 Å². The van der Waals surface area contributed by atoms with Gasteiger partial charge in [-0.15, -0.1) is 24.8 Å². The van der Waals surface area contributed by atoms with Crippen LogP contribution in [0, 0.1) is 5.41 Å². The van der Waals surface area contributed by atoms with Crippen LogP contribution < -0.4 is 10.6 Å². The smallest absolute Gasteiger partial charge is 0.226 e. The minimum atomic E-state index is 0. The molecule has 1 amide bonds. The number of halogens is 2. The van der Waals surface area contributed by atoms with E-state index in [0.29, 0.717) is 19.6 Å². The summed E-state index contributed by atoms with van der Waals surface area (Å²) in [5, 5.41) is 13.0. The molecule has 0 atom stereocenters. The number of methoxy groups -OCH3 is 1. The number of ether oxygens (including phenoxy) is 1. The molecule has 2 rings (SSSR count). The highest BCUT2D eigenvalue weighted by Gasteiger charge is 2.32. The number of rotatable bonds is 6. The first-order valence-electron chi connectivity index (χ1n) is 6.69.